The van der Waals surface area contributed by atoms with Crippen LogP contribution >= 0.6 is 11.3 Å². The van der Waals surface area contributed by atoms with Gasteiger partial charge in [-0.05, 0) is 56.0 Å². The first-order valence-corrected chi connectivity index (χ1v) is 10.2. The number of hydrogen-bond acceptors (Lipinski definition) is 5. The van der Waals surface area contributed by atoms with Crippen molar-refractivity contribution >= 4 is 28.8 Å². The second-order valence-electron chi connectivity index (χ2n) is 7.15. The van der Waals surface area contributed by atoms with Crippen molar-refractivity contribution in [2.24, 2.45) is 11.7 Å². The Kier molecular flexibility index (Phi) is 6.23. The monoisotopic (exact) mass is 386 g/mol. The van der Waals surface area contributed by atoms with E-state index >= 15 is 0 Å². The number of carbonyl (C=O) groups excluding carboxylic acids is 2. The smallest absolute Gasteiger partial charge is 0.275 e. The van der Waals surface area contributed by atoms with E-state index in [2.05, 4.69) is 17.2 Å². The Labute approximate surface area is 163 Å². The third-order valence-corrected chi connectivity index (χ3v) is 5.72. The molecule has 3 N–H and O–H groups in total. The van der Waals surface area contributed by atoms with Crippen LogP contribution in [0.15, 0.2) is 23.6 Å². The van der Waals surface area contributed by atoms with Crippen LogP contribution in [-0.2, 0) is 6.42 Å². The van der Waals surface area contributed by atoms with E-state index in [9.17, 15) is 9.59 Å². The molecule has 0 bridgehead atoms. The highest BCUT2D eigenvalue weighted by Gasteiger charge is 2.22. The number of thiazole rings is 1. The number of anilines is 1. The van der Waals surface area contributed by atoms with Gasteiger partial charge in [0.2, 0.25) is 0 Å². The molecule has 1 atom stereocenters. The number of likely N-dealkylation sites (tertiary alicyclic amines) is 1. The van der Waals surface area contributed by atoms with E-state index in [0.29, 0.717) is 35.8 Å². The zero-order valence-electron chi connectivity index (χ0n) is 15.8. The Bertz CT molecular complexity index is 833. The molecule has 1 aromatic carbocycles. The zero-order valence-corrected chi connectivity index (χ0v) is 16.6. The molecule has 1 unspecified atom stereocenters. The quantitative estimate of drug-likeness (QED) is 0.826. The van der Waals surface area contributed by atoms with Gasteiger partial charge in [-0.25, -0.2) is 4.98 Å². The van der Waals surface area contributed by atoms with Gasteiger partial charge in [0.1, 0.15) is 5.69 Å². The third kappa shape index (κ3) is 4.73. The average molecular weight is 387 g/mol. The van der Waals surface area contributed by atoms with Gasteiger partial charge in [0.05, 0.1) is 5.01 Å². The lowest BCUT2D eigenvalue weighted by molar-refractivity contribution is 0.0683. The molecule has 144 valence electrons. The topological polar surface area (TPSA) is 88.3 Å². The lowest BCUT2D eigenvalue weighted by Gasteiger charge is -2.31. The summed E-state index contributed by atoms with van der Waals surface area (Å²) in [5.74, 6) is 0.361. The van der Waals surface area contributed by atoms with Crippen LogP contribution in [0, 0.1) is 12.8 Å². The maximum atomic E-state index is 12.7. The number of carbonyl (C=O) groups is 2. The number of piperidine rings is 1. The second-order valence-corrected chi connectivity index (χ2v) is 8.09. The summed E-state index contributed by atoms with van der Waals surface area (Å²) in [6.07, 6.45) is 2.90. The van der Waals surface area contributed by atoms with Crippen molar-refractivity contribution < 1.29 is 9.59 Å². The highest BCUT2D eigenvalue weighted by Crippen LogP contribution is 2.22. The summed E-state index contributed by atoms with van der Waals surface area (Å²) >= 11 is 1.44. The van der Waals surface area contributed by atoms with Gasteiger partial charge in [-0.2, -0.15) is 0 Å². The molecule has 6 nitrogen and oxygen atoms in total. The molecular formula is C20H26N4O2S. The summed E-state index contributed by atoms with van der Waals surface area (Å²) < 4.78 is 0. The number of hydrogen-bond donors (Lipinski definition) is 2. The number of amides is 2. The van der Waals surface area contributed by atoms with Crippen LogP contribution < -0.4 is 11.1 Å². The summed E-state index contributed by atoms with van der Waals surface area (Å²) in [6.45, 7) is 6.22. The fraction of sp³-hybridized carbons (Fsp3) is 0.450. The molecule has 0 spiro atoms. The van der Waals surface area contributed by atoms with Crippen LogP contribution in [0.3, 0.4) is 0 Å². The van der Waals surface area contributed by atoms with E-state index in [1.807, 2.05) is 17.9 Å². The minimum atomic E-state index is -0.249. The van der Waals surface area contributed by atoms with Crippen LogP contribution in [0.25, 0.3) is 0 Å². The van der Waals surface area contributed by atoms with Crippen LogP contribution in [0.4, 0.5) is 5.69 Å². The summed E-state index contributed by atoms with van der Waals surface area (Å²) in [5, 5.41) is 5.48. The summed E-state index contributed by atoms with van der Waals surface area (Å²) in [4.78, 5) is 31.4. The Balaban J connectivity index is 1.68. The van der Waals surface area contributed by atoms with Gasteiger partial charge in [-0.1, -0.05) is 6.92 Å². The van der Waals surface area contributed by atoms with E-state index < -0.39 is 0 Å². The van der Waals surface area contributed by atoms with Gasteiger partial charge in [0.15, 0.2) is 0 Å². The molecule has 27 heavy (non-hydrogen) atoms. The summed E-state index contributed by atoms with van der Waals surface area (Å²) in [6, 6.07) is 5.42. The lowest BCUT2D eigenvalue weighted by Crippen LogP contribution is -2.39. The maximum Gasteiger partial charge on any atom is 0.275 e. The molecule has 2 aromatic rings. The molecular weight excluding hydrogens is 360 g/mol. The van der Waals surface area contributed by atoms with E-state index in [-0.39, 0.29) is 11.8 Å². The van der Waals surface area contributed by atoms with Crippen molar-refractivity contribution in [1.29, 1.82) is 0 Å². The predicted octanol–water partition coefficient (Wildman–Crippen LogP) is 3.08. The standard InChI is InChI=1S/C20H26N4O2S/c1-13-4-3-9-24(11-13)20(26)15-5-6-16(14(2)10-15)23-19(25)17-12-27-18(22-17)7-8-21/h5-6,10,12-13H,3-4,7-9,11,21H2,1-2H3,(H,23,25). The molecule has 1 aromatic heterocycles. The Hall–Kier alpha value is -2.25. The van der Waals surface area contributed by atoms with Crippen molar-refractivity contribution in [2.45, 2.75) is 33.1 Å². The highest BCUT2D eigenvalue weighted by atomic mass is 32.1. The van der Waals surface area contributed by atoms with E-state index in [1.165, 1.54) is 17.8 Å². The number of nitrogens with two attached hydrogens (primary N) is 1. The van der Waals surface area contributed by atoms with Crippen LogP contribution in [0.1, 0.15) is 51.2 Å². The molecule has 2 amide bonds. The van der Waals surface area contributed by atoms with Gasteiger partial charge in [-0.15, -0.1) is 11.3 Å². The SMILES string of the molecule is Cc1cc(C(=O)N2CCCC(C)C2)ccc1NC(=O)c1csc(CCN)n1. The minimum Gasteiger partial charge on any atom is -0.338 e. The van der Waals surface area contributed by atoms with Crippen molar-refractivity contribution in [3.05, 3.63) is 45.4 Å². The molecule has 2 heterocycles. The average Bonchev–Trinajstić information content (AvgIpc) is 3.12. The van der Waals surface area contributed by atoms with Crippen molar-refractivity contribution in [2.75, 3.05) is 25.0 Å². The fourth-order valence-electron chi connectivity index (χ4n) is 3.33. The largest absolute Gasteiger partial charge is 0.338 e. The third-order valence-electron chi connectivity index (χ3n) is 4.81. The molecule has 0 aliphatic carbocycles. The van der Waals surface area contributed by atoms with Crippen LogP contribution in [0.5, 0.6) is 0 Å². The molecule has 1 aliphatic rings. The van der Waals surface area contributed by atoms with Crippen molar-refractivity contribution in [3.63, 3.8) is 0 Å². The van der Waals surface area contributed by atoms with E-state index in [0.717, 1.165) is 30.1 Å². The molecule has 7 heteroatoms. The van der Waals surface area contributed by atoms with Crippen molar-refractivity contribution in [1.82, 2.24) is 9.88 Å². The molecule has 1 saturated heterocycles. The fourth-order valence-corrected chi connectivity index (χ4v) is 4.13. The normalized spacial score (nSPS) is 17.0. The van der Waals surface area contributed by atoms with Gasteiger partial charge >= 0.3 is 0 Å². The van der Waals surface area contributed by atoms with Gasteiger partial charge in [0.25, 0.3) is 11.8 Å². The van der Waals surface area contributed by atoms with Gasteiger partial charge < -0.3 is 16.0 Å². The Morgan fingerprint density at radius 1 is 1.41 bits per heavy atom. The molecule has 0 saturated carbocycles. The summed E-state index contributed by atoms with van der Waals surface area (Å²) in [7, 11) is 0. The number of aryl methyl sites for hydroxylation is 1. The van der Waals surface area contributed by atoms with Crippen LogP contribution in [0.2, 0.25) is 0 Å². The number of nitrogens with one attached hydrogen (secondary N) is 1. The van der Waals surface area contributed by atoms with Gasteiger partial charge in [0, 0.05) is 36.1 Å². The first-order chi connectivity index (χ1) is 13.0. The molecule has 3 rings (SSSR count). The van der Waals surface area contributed by atoms with Crippen molar-refractivity contribution in [3.8, 4) is 0 Å². The molecule has 1 fully saturated rings. The Morgan fingerprint density at radius 2 is 2.22 bits per heavy atom. The second kappa shape index (κ2) is 8.63. The molecule has 1 aliphatic heterocycles. The number of rotatable bonds is 5. The lowest BCUT2D eigenvalue weighted by atomic mass is 9.99. The number of aromatic nitrogens is 1. The Morgan fingerprint density at radius 3 is 2.93 bits per heavy atom. The maximum absolute atomic E-state index is 12.7. The number of nitrogens with zero attached hydrogens (tertiary/aromatic N) is 2. The zero-order chi connectivity index (χ0) is 19.4. The highest BCUT2D eigenvalue weighted by molar-refractivity contribution is 7.09. The van der Waals surface area contributed by atoms with E-state index in [1.54, 1.807) is 17.5 Å². The number of benzene rings is 1. The van der Waals surface area contributed by atoms with Crippen LogP contribution in [-0.4, -0.2) is 41.3 Å². The van der Waals surface area contributed by atoms with Gasteiger partial charge in [-0.3, -0.25) is 9.59 Å². The van der Waals surface area contributed by atoms with E-state index in [4.69, 9.17) is 5.73 Å². The minimum absolute atomic E-state index is 0.0634. The molecule has 0 radical (unpaired) electrons. The summed E-state index contributed by atoms with van der Waals surface area (Å²) in [5.41, 5.74) is 8.13. The predicted molar refractivity (Wildman–Crippen MR) is 108 cm³/mol. The first-order valence-electron chi connectivity index (χ1n) is 9.33. The first kappa shape index (κ1) is 19.5.